The molecular weight excluding hydrogens is 219 g/mol. The molecule has 4 heteroatoms. The average molecular weight is 225 g/mol. The topological polar surface area (TPSA) is 30.2 Å². The summed E-state index contributed by atoms with van der Waals surface area (Å²) in [5, 5.41) is 0.318. The van der Waals surface area contributed by atoms with E-state index in [0.717, 1.165) is 0 Å². The van der Waals surface area contributed by atoms with Gasteiger partial charge in [0, 0.05) is 5.02 Å². The fourth-order valence-electron chi connectivity index (χ4n) is 1.25. The zero-order valence-electron chi connectivity index (χ0n) is 7.54. The van der Waals surface area contributed by atoms with E-state index in [1.807, 2.05) is 0 Å². The van der Waals surface area contributed by atoms with Crippen LogP contribution < -0.4 is 0 Å². The first-order valence-corrected chi connectivity index (χ1v) is 4.59. The number of carbonyl (C=O) groups is 1. The number of hydrogen-bond acceptors (Lipinski definition) is 2. The Labute approximate surface area is 90.3 Å². The summed E-state index contributed by atoms with van der Waals surface area (Å²) in [5.74, 6) is -0.0000781. The monoisotopic (exact) mass is 224 g/mol. The lowest BCUT2D eigenvalue weighted by Gasteiger charge is -1.99. The lowest BCUT2D eigenvalue weighted by Crippen LogP contribution is -1.81. The van der Waals surface area contributed by atoms with Gasteiger partial charge in [0.1, 0.15) is 11.6 Å². The molecule has 0 aliphatic rings. The largest absolute Gasteiger partial charge is 0.453 e. The molecule has 0 amide bonds. The van der Waals surface area contributed by atoms with Crippen molar-refractivity contribution in [3.63, 3.8) is 0 Å². The van der Waals surface area contributed by atoms with Gasteiger partial charge in [-0.2, -0.15) is 0 Å². The second-order valence-corrected chi connectivity index (χ2v) is 3.38. The molecule has 1 aromatic carbocycles. The minimum Gasteiger partial charge on any atom is -0.453 e. The average Bonchev–Trinajstić information content (AvgIpc) is 2.66. The SMILES string of the molecule is O=Cc1ccc(-c2ccc(Cl)cc2F)o1. The summed E-state index contributed by atoms with van der Waals surface area (Å²) in [6.07, 6.45) is 0.567. The normalized spacial score (nSPS) is 10.3. The van der Waals surface area contributed by atoms with Crippen LogP contribution in [0.2, 0.25) is 5.02 Å². The van der Waals surface area contributed by atoms with Crippen LogP contribution in [0.4, 0.5) is 4.39 Å². The van der Waals surface area contributed by atoms with Crippen molar-refractivity contribution in [2.75, 3.05) is 0 Å². The van der Waals surface area contributed by atoms with Crippen molar-refractivity contribution in [1.82, 2.24) is 0 Å². The number of rotatable bonds is 2. The molecule has 0 radical (unpaired) electrons. The highest BCUT2D eigenvalue weighted by atomic mass is 35.5. The number of benzene rings is 1. The highest BCUT2D eigenvalue weighted by Gasteiger charge is 2.09. The Morgan fingerprint density at radius 1 is 1.27 bits per heavy atom. The van der Waals surface area contributed by atoms with E-state index in [4.69, 9.17) is 16.0 Å². The third kappa shape index (κ3) is 1.92. The van der Waals surface area contributed by atoms with Gasteiger partial charge in [-0.25, -0.2) is 4.39 Å². The molecule has 0 fully saturated rings. The Balaban J connectivity index is 2.49. The van der Waals surface area contributed by atoms with E-state index in [0.29, 0.717) is 17.1 Å². The Morgan fingerprint density at radius 2 is 2.07 bits per heavy atom. The first-order valence-electron chi connectivity index (χ1n) is 4.21. The lowest BCUT2D eigenvalue weighted by molar-refractivity contribution is 0.110. The smallest absolute Gasteiger partial charge is 0.185 e. The van der Waals surface area contributed by atoms with Gasteiger partial charge >= 0.3 is 0 Å². The van der Waals surface area contributed by atoms with Gasteiger partial charge in [0.15, 0.2) is 12.0 Å². The van der Waals surface area contributed by atoms with Crippen LogP contribution in [0.25, 0.3) is 11.3 Å². The molecule has 0 aliphatic carbocycles. The van der Waals surface area contributed by atoms with Gasteiger partial charge in [0.05, 0.1) is 5.56 Å². The zero-order chi connectivity index (χ0) is 10.8. The van der Waals surface area contributed by atoms with Crippen LogP contribution in [-0.4, -0.2) is 6.29 Å². The molecule has 2 nitrogen and oxygen atoms in total. The Kier molecular flexibility index (Phi) is 2.56. The molecule has 0 unspecified atom stereocenters. The summed E-state index contributed by atoms with van der Waals surface area (Å²) in [7, 11) is 0. The lowest BCUT2D eigenvalue weighted by atomic mass is 10.1. The molecule has 0 saturated carbocycles. The van der Waals surface area contributed by atoms with Crippen molar-refractivity contribution in [3.05, 3.63) is 46.9 Å². The molecule has 0 aliphatic heterocycles. The highest BCUT2D eigenvalue weighted by molar-refractivity contribution is 6.30. The van der Waals surface area contributed by atoms with Crippen molar-refractivity contribution in [3.8, 4) is 11.3 Å². The fraction of sp³-hybridized carbons (Fsp3) is 0. The summed E-state index contributed by atoms with van der Waals surface area (Å²) in [4.78, 5) is 10.4. The molecule has 76 valence electrons. The summed E-state index contributed by atoms with van der Waals surface area (Å²) in [6, 6.07) is 7.28. The van der Waals surface area contributed by atoms with E-state index >= 15 is 0 Å². The van der Waals surface area contributed by atoms with Crippen molar-refractivity contribution in [1.29, 1.82) is 0 Å². The molecule has 0 spiro atoms. The third-order valence-corrected chi connectivity index (χ3v) is 2.17. The van der Waals surface area contributed by atoms with Crippen LogP contribution in [0.15, 0.2) is 34.7 Å². The third-order valence-electron chi connectivity index (χ3n) is 1.94. The first kappa shape index (κ1) is 9.93. The number of aldehydes is 1. The second kappa shape index (κ2) is 3.87. The van der Waals surface area contributed by atoms with Gasteiger partial charge in [-0.1, -0.05) is 11.6 Å². The molecule has 0 saturated heterocycles. The van der Waals surface area contributed by atoms with E-state index in [1.165, 1.54) is 24.3 Å². The predicted molar refractivity (Wildman–Crippen MR) is 54.5 cm³/mol. The highest BCUT2D eigenvalue weighted by Crippen LogP contribution is 2.26. The van der Waals surface area contributed by atoms with Crippen molar-refractivity contribution >= 4 is 17.9 Å². The second-order valence-electron chi connectivity index (χ2n) is 2.94. The van der Waals surface area contributed by atoms with Crippen molar-refractivity contribution in [2.45, 2.75) is 0 Å². The number of carbonyl (C=O) groups excluding carboxylic acids is 1. The van der Waals surface area contributed by atoms with Gasteiger partial charge in [-0.15, -0.1) is 0 Å². The quantitative estimate of drug-likeness (QED) is 0.731. The number of hydrogen-bond donors (Lipinski definition) is 0. The fourth-order valence-corrected chi connectivity index (χ4v) is 1.41. The number of furan rings is 1. The van der Waals surface area contributed by atoms with Gasteiger partial charge in [0.25, 0.3) is 0 Å². The molecule has 2 aromatic rings. The molecule has 15 heavy (non-hydrogen) atoms. The molecular formula is C11H6ClFO2. The Hall–Kier alpha value is -1.61. The van der Waals surface area contributed by atoms with E-state index < -0.39 is 5.82 Å². The first-order chi connectivity index (χ1) is 7.20. The number of halogens is 2. The van der Waals surface area contributed by atoms with Crippen LogP contribution in [0.3, 0.4) is 0 Å². The molecule has 2 rings (SSSR count). The Morgan fingerprint density at radius 3 is 2.67 bits per heavy atom. The maximum Gasteiger partial charge on any atom is 0.185 e. The van der Waals surface area contributed by atoms with Crippen LogP contribution in [0.5, 0.6) is 0 Å². The van der Waals surface area contributed by atoms with E-state index in [9.17, 15) is 9.18 Å². The maximum absolute atomic E-state index is 13.4. The summed E-state index contributed by atoms with van der Waals surface area (Å²) in [5.41, 5.74) is 0.285. The molecule has 1 aromatic heterocycles. The van der Waals surface area contributed by atoms with Crippen molar-refractivity contribution in [2.24, 2.45) is 0 Å². The van der Waals surface area contributed by atoms with Gasteiger partial charge in [-0.05, 0) is 30.3 Å². The predicted octanol–water partition coefficient (Wildman–Crippen LogP) is 3.55. The molecule has 1 heterocycles. The van der Waals surface area contributed by atoms with Crippen LogP contribution >= 0.6 is 11.6 Å². The Bertz CT molecular complexity index is 505. The minimum atomic E-state index is -0.478. The molecule has 0 bridgehead atoms. The summed E-state index contributed by atoms with van der Waals surface area (Å²) in [6.45, 7) is 0. The van der Waals surface area contributed by atoms with Crippen LogP contribution in [0, 0.1) is 5.82 Å². The minimum absolute atomic E-state index is 0.166. The summed E-state index contributed by atoms with van der Waals surface area (Å²) >= 11 is 5.61. The van der Waals surface area contributed by atoms with Crippen molar-refractivity contribution < 1.29 is 13.6 Å². The van der Waals surface area contributed by atoms with Gasteiger partial charge in [-0.3, -0.25) is 4.79 Å². The van der Waals surface area contributed by atoms with E-state index in [2.05, 4.69) is 0 Å². The molecule has 0 atom stereocenters. The van der Waals surface area contributed by atoms with E-state index in [-0.39, 0.29) is 11.3 Å². The van der Waals surface area contributed by atoms with Gasteiger partial charge in [0.2, 0.25) is 0 Å². The summed E-state index contributed by atoms with van der Waals surface area (Å²) < 4.78 is 18.5. The molecule has 0 N–H and O–H groups in total. The van der Waals surface area contributed by atoms with Crippen LogP contribution in [-0.2, 0) is 0 Å². The van der Waals surface area contributed by atoms with Gasteiger partial charge < -0.3 is 4.42 Å². The zero-order valence-corrected chi connectivity index (χ0v) is 8.29. The van der Waals surface area contributed by atoms with E-state index in [1.54, 1.807) is 6.07 Å². The van der Waals surface area contributed by atoms with Crippen LogP contribution in [0.1, 0.15) is 10.6 Å². The maximum atomic E-state index is 13.4. The standard InChI is InChI=1S/C11H6ClFO2/c12-7-1-3-9(10(13)5-7)11-4-2-8(6-14)15-11/h1-6H.